The van der Waals surface area contributed by atoms with Crippen LogP contribution in [0.2, 0.25) is 0 Å². The van der Waals surface area contributed by atoms with Gasteiger partial charge in [-0.2, -0.15) is 0 Å². The molecule has 1 aliphatic rings. The third-order valence-electron chi connectivity index (χ3n) is 2.51. The van der Waals surface area contributed by atoms with Gasteiger partial charge in [-0.25, -0.2) is 0 Å². The van der Waals surface area contributed by atoms with Crippen molar-refractivity contribution in [1.82, 2.24) is 0 Å². The zero-order chi connectivity index (χ0) is 8.86. The van der Waals surface area contributed by atoms with Crippen molar-refractivity contribution in [2.24, 2.45) is 0 Å². The van der Waals surface area contributed by atoms with Gasteiger partial charge < -0.3 is 9.53 Å². The zero-order valence-electron chi connectivity index (χ0n) is 7.84. The molecule has 0 aromatic heterocycles. The standard InChI is InChI=1S/C10H18O2/c1-2-8-12-10(9-11)6-4-3-5-7-10/h9H,2-8H2,1H3. The first kappa shape index (κ1) is 9.72. The Labute approximate surface area is 74.3 Å². The van der Waals surface area contributed by atoms with E-state index in [0.717, 1.165) is 45.0 Å². The number of carbonyl (C=O) groups is 1. The highest BCUT2D eigenvalue weighted by atomic mass is 16.5. The summed E-state index contributed by atoms with van der Waals surface area (Å²) in [4.78, 5) is 10.9. The van der Waals surface area contributed by atoms with Crippen LogP contribution < -0.4 is 0 Å². The lowest BCUT2D eigenvalue weighted by Crippen LogP contribution is -2.36. The molecule has 0 bridgehead atoms. The molecule has 0 aliphatic heterocycles. The summed E-state index contributed by atoms with van der Waals surface area (Å²) < 4.78 is 5.60. The molecule has 1 fully saturated rings. The lowest BCUT2D eigenvalue weighted by Gasteiger charge is -2.31. The second-order valence-corrected chi connectivity index (χ2v) is 3.59. The molecule has 70 valence electrons. The lowest BCUT2D eigenvalue weighted by molar-refractivity contribution is -0.136. The van der Waals surface area contributed by atoms with E-state index in [0.29, 0.717) is 0 Å². The normalized spacial score (nSPS) is 22.1. The summed E-state index contributed by atoms with van der Waals surface area (Å²) in [6.07, 6.45) is 7.40. The fourth-order valence-electron chi connectivity index (χ4n) is 1.75. The Hall–Kier alpha value is -0.370. The quantitative estimate of drug-likeness (QED) is 0.605. The molecule has 0 aromatic rings. The Balaban J connectivity index is 2.42. The van der Waals surface area contributed by atoms with Crippen LogP contribution in [-0.4, -0.2) is 18.5 Å². The molecule has 2 heteroatoms. The summed E-state index contributed by atoms with van der Waals surface area (Å²) >= 11 is 0. The summed E-state index contributed by atoms with van der Waals surface area (Å²) in [6.45, 7) is 2.79. The SMILES string of the molecule is CCCOC1(C=O)CCCCC1. The third-order valence-corrected chi connectivity index (χ3v) is 2.51. The molecule has 0 atom stereocenters. The van der Waals surface area contributed by atoms with Crippen LogP contribution in [0.3, 0.4) is 0 Å². The van der Waals surface area contributed by atoms with Crippen molar-refractivity contribution >= 4 is 6.29 Å². The zero-order valence-corrected chi connectivity index (χ0v) is 7.84. The van der Waals surface area contributed by atoms with Crippen molar-refractivity contribution in [3.63, 3.8) is 0 Å². The molecule has 12 heavy (non-hydrogen) atoms. The van der Waals surface area contributed by atoms with Gasteiger partial charge >= 0.3 is 0 Å². The largest absolute Gasteiger partial charge is 0.368 e. The first-order chi connectivity index (χ1) is 5.83. The molecule has 0 saturated heterocycles. The van der Waals surface area contributed by atoms with Crippen LogP contribution in [0.4, 0.5) is 0 Å². The van der Waals surface area contributed by atoms with Crippen molar-refractivity contribution in [2.45, 2.75) is 51.0 Å². The number of hydrogen-bond donors (Lipinski definition) is 0. The van der Waals surface area contributed by atoms with E-state index in [-0.39, 0.29) is 0 Å². The molecule has 1 saturated carbocycles. The highest BCUT2D eigenvalue weighted by Gasteiger charge is 2.31. The van der Waals surface area contributed by atoms with Gasteiger partial charge in [0.1, 0.15) is 5.60 Å². The maximum absolute atomic E-state index is 10.9. The van der Waals surface area contributed by atoms with Gasteiger partial charge in [0, 0.05) is 6.61 Å². The Bertz CT molecular complexity index is 137. The van der Waals surface area contributed by atoms with E-state index in [1.54, 1.807) is 0 Å². The Morgan fingerprint density at radius 1 is 1.33 bits per heavy atom. The molecule has 1 aliphatic carbocycles. The van der Waals surface area contributed by atoms with Crippen molar-refractivity contribution < 1.29 is 9.53 Å². The van der Waals surface area contributed by atoms with Crippen LogP contribution in [-0.2, 0) is 9.53 Å². The minimum atomic E-state index is -0.408. The van der Waals surface area contributed by atoms with Crippen molar-refractivity contribution in [2.75, 3.05) is 6.61 Å². The second kappa shape index (κ2) is 4.61. The highest BCUT2D eigenvalue weighted by Crippen LogP contribution is 2.29. The number of rotatable bonds is 4. The van der Waals surface area contributed by atoms with Gasteiger partial charge in [-0.05, 0) is 19.3 Å². The molecule has 0 radical (unpaired) electrons. The van der Waals surface area contributed by atoms with E-state index in [2.05, 4.69) is 6.92 Å². The van der Waals surface area contributed by atoms with Crippen LogP contribution in [0.1, 0.15) is 45.4 Å². The monoisotopic (exact) mass is 170 g/mol. The smallest absolute Gasteiger partial charge is 0.151 e. The predicted octanol–water partition coefficient (Wildman–Crippen LogP) is 2.31. The minimum absolute atomic E-state index is 0.408. The van der Waals surface area contributed by atoms with Gasteiger partial charge in [0.15, 0.2) is 6.29 Å². The van der Waals surface area contributed by atoms with Gasteiger partial charge in [-0.3, -0.25) is 0 Å². The van der Waals surface area contributed by atoms with Crippen LogP contribution in [0.15, 0.2) is 0 Å². The fraction of sp³-hybridized carbons (Fsp3) is 0.900. The topological polar surface area (TPSA) is 26.3 Å². The van der Waals surface area contributed by atoms with Crippen molar-refractivity contribution in [3.8, 4) is 0 Å². The van der Waals surface area contributed by atoms with E-state index in [1.807, 2.05) is 0 Å². The maximum Gasteiger partial charge on any atom is 0.151 e. The van der Waals surface area contributed by atoms with E-state index < -0.39 is 5.60 Å². The average Bonchev–Trinajstić information content (AvgIpc) is 2.16. The average molecular weight is 170 g/mol. The Kier molecular flexibility index (Phi) is 3.73. The summed E-state index contributed by atoms with van der Waals surface area (Å²) in [7, 11) is 0. The molecule has 2 nitrogen and oxygen atoms in total. The van der Waals surface area contributed by atoms with Crippen molar-refractivity contribution in [1.29, 1.82) is 0 Å². The third kappa shape index (κ3) is 2.31. The fourth-order valence-corrected chi connectivity index (χ4v) is 1.75. The molecular weight excluding hydrogens is 152 g/mol. The first-order valence-electron chi connectivity index (χ1n) is 4.93. The van der Waals surface area contributed by atoms with Gasteiger partial charge in [0.05, 0.1) is 0 Å². The Morgan fingerprint density at radius 2 is 2.00 bits per heavy atom. The predicted molar refractivity (Wildman–Crippen MR) is 48.1 cm³/mol. The molecule has 0 unspecified atom stereocenters. The van der Waals surface area contributed by atoms with E-state index in [4.69, 9.17) is 4.74 Å². The molecule has 1 rings (SSSR count). The molecule has 0 amide bonds. The van der Waals surface area contributed by atoms with E-state index in [1.165, 1.54) is 6.42 Å². The second-order valence-electron chi connectivity index (χ2n) is 3.59. The molecule has 0 spiro atoms. The van der Waals surface area contributed by atoms with Crippen LogP contribution in [0.5, 0.6) is 0 Å². The first-order valence-corrected chi connectivity index (χ1v) is 4.93. The molecule has 0 aromatic carbocycles. The molecule has 0 heterocycles. The van der Waals surface area contributed by atoms with Crippen LogP contribution in [0, 0.1) is 0 Å². The van der Waals surface area contributed by atoms with E-state index in [9.17, 15) is 4.79 Å². The number of ether oxygens (including phenoxy) is 1. The van der Waals surface area contributed by atoms with Gasteiger partial charge in [0.25, 0.3) is 0 Å². The molecular formula is C10H18O2. The van der Waals surface area contributed by atoms with Gasteiger partial charge in [0.2, 0.25) is 0 Å². The number of aldehydes is 1. The van der Waals surface area contributed by atoms with Crippen molar-refractivity contribution in [3.05, 3.63) is 0 Å². The number of carbonyl (C=O) groups excluding carboxylic acids is 1. The highest BCUT2D eigenvalue weighted by molar-refractivity contribution is 5.62. The number of hydrogen-bond acceptors (Lipinski definition) is 2. The molecule has 0 N–H and O–H groups in total. The lowest BCUT2D eigenvalue weighted by atomic mass is 9.86. The van der Waals surface area contributed by atoms with E-state index >= 15 is 0 Å². The Morgan fingerprint density at radius 3 is 2.50 bits per heavy atom. The van der Waals surface area contributed by atoms with Crippen LogP contribution in [0.25, 0.3) is 0 Å². The maximum atomic E-state index is 10.9. The van der Waals surface area contributed by atoms with Crippen LogP contribution >= 0.6 is 0 Å². The van der Waals surface area contributed by atoms with Gasteiger partial charge in [-0.15, -0.1) is 0 Å². The summed E-state index contributed by atoms with van der Waals surface area (Å²) in [5, 5.41) is 0. The summed E-state index contributed by atoms with van der Waals surface area (Å²) in [5.41, 5.74) is -0.408. The minimum Gasteiger partial charge on any atom is -0.368 e. The van der Waals surface area contributed by atoms with Gasteiger partial charge in [-0.1, -0.05) is 26.2 Å². The summed E-state index contributed by atoms with van der Waals surface area (Å²) in [6, 6.07) is 0. The summed E-state index contributed by atoms with van der Waals surface area (Å²) in [5.74, 6) is 0.